The Bertz CT molecular complexity index is 1950. The van der Waals surface area contributed by atoms with E-state index in [1.54, 1.807) is 97.1 Å². The number of nitrogens with one attached hydrogen (secondary N) is 1. The normalized spacial score (nSPS) is 12.2. The first-order valence-corrected chi connectivity index (χ1v) is 21.4. The van der Waals surface area contributed by atoms with Gasteiger partial charge in [-0.1, -0.05) is 116 Å². The Labute approximate surface area is 374 Å². The van der Waals surface area contributed by atoms with Gasteiger partial charge in [0.15, 0.2) is 35.3 Å². The third-order valence-corrected chi connectivity index (χ3v) is 10.4. The lowest BCUT2D eigenvalue weighted by Crippen LogP contribution is -2.31. The first-order valence-electron chi connectivity index (χ1n) is 21.4. The van der Waals surface area contributed by atoms with Crippen LogP contribution in [0.5, 0.6) is 0 Å². The van der Waals surface area contributed by atoms with Gasteiger partial charge in [-0.15, -0.1) is 0 Å². The van der Waals surface area contributed by atoms with E-state index in [1.807, 2.05) is 0 Å². The molecule has 0 heterocycles. The molecule has 0 radical (unpaired) electrons. The number of ether oxygens (including phenoxy) is 2. The summed E-state index contributed by atoms with van der Waals surface area (Å²) in [5.41, 5.74) is -2.91. The number of esters is 1. The summed E-state index contributed by atoms with van der Waals surface area (Å²) in [4.78, 5) is 76.8. The number of hydrogen-bond acceptors (Lipinski definition) is 12. The van der Waals surface area contributed by atoms with Crippen molar-refractivity contribution in [3.63, 3.8) is 0 Å². The van der Waals surface area contributed by atoms with Gasteiger partial charge in [0.05, 0.1) is 0 Å². The molecule has 4 aromatic rings. The van der Waals surface area contributed by atoms with Gasteiger partial charge in [-0.25, -0.2) is 4.79 Å². The summed E-state index contributed by atoms with van der Waals surface area (Å²) in [6.45, 7) is 11.5. The zero-order valence-corrected chi connectivity index (χ0v) is 37.9. The molecule has 1 amide bonds. The molecule has 0 spiro atoms. The largest absolute Gasteiger partial charge is 0.453 e. The summed E-state index contributed by atoms with van der Waals surface area (Å²) in [5.74, 6) is -2.32. The number of ketones is 4. The highest BCUT2D eigenvalue weighted by Crippen LogP contribution is 2.31. The maximum absolute atomic E-state index is 13.2. The lowest BCUT2D eigenvalue weighted by atomic mass is 9.92. The van der Waals surface area contributed by atoms with Gasteiger partial charge in [-0.3, -0.25) is 24.0 Å². The summed E-state index contributed by atoms with van der Waals surface area (Å²) in [6.07, 6.45) is 1.08. The zero-order valence-electron chi connectivity index (χ0n) is 37.9. The van der Waals surface area contributed by atoms with Crippen LogP contribution in [0.3, 0.4) is 0 Å². The zero-order chi connectivity index (χ0) is 47.6. The van der Waals surface area contributed by atoms with Gasteiger partial charge in [0.2, 0.25) is 0 Å². The van der Waals surface area contributed by atoms with E-state index in [-0.39, 0.29) is 17.5 Å². The number of aliphatic hydroxyl groups is 4. The third-order valence-electron chi connectivity index (χ3n) is 10.4. The maximum Gasteiger partial charge on any atom is 0.408 e. The molecule has 4 rings (SSSR count). The molecular formula is C51H61NO12. The van der Waals surface area contributed by atoms with Gasteiger partial charge in [0, 0.05) is 35.2 Å². The number of Topliss-reactive ketones (excluding diaryl/α,β-unsaturated/α-hetero) is 4. The summed E-state index contributed by atoms with van der Waals surface area (Å²) < 4.78 is 11.8. The van der Waals surface area contributed by atoms with Gasteiger partial charge in [0.25, 0.3) is 0 Å². The summed E-state index contributed by atoms with van der Waals surface area (Å²) >= 11 is 0. The second kappa shape index (κ2) is 21.2. The molecule has 4 aromatic carbocycles. The van der Waals surface area contributed by atoms with E-state index in [2.05, 4.69) is 5.32 Å². The summed E-state index contributed by atoms with van der Waals surface area (Å²) in [5, 5.41) is 43.5. The molecule has 0 aliphatic rings. The predicted molar refractivity (Wildman–Crippen MR) is 240 cm³/mol. The molecule has 13 heteroatoms. The van der Waals surface area contributed by atoms with E-state index in [0.29, 0.717) is 59.2 Å². The molecule has 0 saturated carbocycles. The molecule has 0 aliphatic heterocycles. The monoisotopic (exact) mass is 879 g/mol. The van der Waals surface area contributed by atoms with Crippen LogP contribution in [0.1, 0.15) is 170 Å². The van der Waals surface area contributed by atoms with Gasteiger partial charge in [-0.2, -0.15) is 0 Å². The first kappa shape index (κ1) is 50.8. The van der Waals surface area contributed by atoms with Crippen LogP contribution in [0.25, 0.3) is 0 Å². The summed E-state index contributed by atoms with van der Waals surface area (Å²) in [6, 6.07) is 25.5. The molecule has 0 aliphatic carbocycles. The van der Waals surface area contributed by atoms with Gasteiger partial charge in [0.1, 0.15) is 22.4 Å². The van der Waals surface area contributed by atoms with Gasteiger partial charge in [-0.05, 0) is 90.5 Å². The molecule has 0 saturated heterocycles. The number of carbonyl (C=O) groups excluding carboxylic acids is 6. The molecule has 0 atom stereocenters. The Morgan fingerprint density at radius 2 is 0.688 bits per heavy atom. The molecule has 0 unspecified atom stereocenters. The summed E-state index contributed by atoms with van der Waals surface area (Å²) in [7, 11) is 0. The van der Waals surface area contributed by atoms with Crippen molar-refractivity contribution < 1.29 is 58.7 Å². The minimum absolute atomic E-state index is 0.132. The lowest BCUT2D eigenvalue weighted by molar-refractivity contribution is -0.147. The quantitative estimate of drug-likeness (QED) is 0.0289. The van der Waals surface area contributed by atoms with E-state index in [4.69, 9.17) is 9.47 Å². The highest BCUT2D eigenvalue weighted by atomic mass is 16.6. The van der Waals surface area contributed by atoms with Crippen LogP contribution in [0.4, 0.5) is 4.79 Å². The van der Waals surface area contributed by atoms with Crippen LogP contribution in [0.2, 0.25) is 0 Å². The second-order valence-corrected chi connectivity index (χ2v) is 18.1. The van der Waals surface area contributed by atoms with E-state index in [9.17, 15) is 49.2 Å². The van der Waals surface area contributed by atoms with Crippen LogP contribution in [0.15, 0.2) is 97.1 Å². The SMILES string of the molecule is CC(C)(O)C(=O)c1ccc(C(OC(=O)CCCCCCCNC(=O)OC(c2ccc(C(=O)C(C)(C)O)cc2)c2ccc(C(=O)C(C)(C)O)cc2)c2ccc(C(=O)C(C)(C)O)cc2)cc1. The number of hydrogen-bond donors (Lipinski definition) is 5. The van der Waals surface area contributed by atoms with Crippen LogP contribution < -0.4 is 5.32 Å². The van der Waals surface area contributed by atoms with Crippen LogP contribution in [0, 0.1) is 0 Å². The number of unbranched alkanes of at least 4 members (excludes halogenated alkanes) is 4. The van der Waals surface area contributed by atoms with E-state index in [0.717, 1.165) is 12.8 Å². The van der Waals surface area contributed by atoms with Crippen molar-refractivity contribution in [1.82, 2.24) is 5.32 Å². The molecule has 0 aromatic heterocycles. The predicted octanol–water partition coefficient (Wildman–Crippen LogP) is 7.99. The molecule has 0 fully saturated rings. The fourth-order valence-corrected chi connectivity index (χ4v) is 6.76. The van der Waals surface area contributed by atoms with Crippen molar-refractivity contribution in [3.05, 3.63) is 142 Å². The number of rotatable bonds is 22. The average Bonchev–Trinajstić information content (AvgIpc) is 3.23. The second-order valence-electron chi connectivity index (χ2n) is 18.1. The van der Waals surface area contributed by atoms with Crippen LogP contribution >= 0.6 is 0 Å². The Morgan fingerprint density at radius 3 is 0.984 bits per heavy atom. The third kappa shape index (κ3) is 14.3. The minimum Gasteiger partial charge on any atom is -0.453 e. The first-order chi connectivity index (χ1) is 29.8. The topological polar surface area (TPSA) is 214 Å². The Morgan fingerprint density at radius 1 is 0.422 bits per heavy atom. The molecule has 64 heavy (non-hydrogen) atoms. The standard InChI is InChI=1S/C51H61NO12/c1-48(2,59)43(54)36-23-15-32(16-24-36)41(33-17-25-37(26-18-33)44(55)49(3,4)60)63-40(53)14-12-10-9-11-13-31-52-47(58)64-42(34-19-27-38(28-20-34)45(56)50(5,6)61)35-21-29-39(30-22-35)46(57)51(7,8)62/h15-30,41-42,59-62H,9-14,31H2,1-8H3,(H,52,58). The average molecular weight is 880 g/mol. The molecule has 342 valence electrons. The van der Waals surface area contributed by atoms with Crippen molar-refractivity contribution in [2.45, 2.75) is 129 Å². The Balaban J connectivity index is 1.31. The number of benzene rings is 4. The minimum atomic E-state index is -1.58. The number of amides is 1. The van der Waals surface area contributed by atoms with E-state index < -0.39 is 69.8 Å². The van der Waals surface area contributed by atoms with E-state index >= 15 is 0 Å². The van der Waals surface area contributed by atoms with Gasteiger partial charge < -0.3 is 35.2 Å². The van der Waals surface area contributed by atoms with Gasteiger partial charge >= 0.3 is 12.1 Å². The maximum atomic E-state index is 13.2. The van der Waals surface area contributed by atoms with Crippen molar-refractivity contribution in [2.75, 3.05) is 6.54 Å². The van der Waals surface area contributed by atoms with E-state index in [1.165, 1.54) is 55.4 Å². The van der Waals surface area contributed by atoms with Crippen LogP contribution in [-0.2, 0) is 14.3 Å². The number of carbonyl (C=O) groups is 6. The Kier molecular flexibility index (Phi) is 16.8. The number of alkyl carbamates (subject to hydrolysis) is 1. The Hall–Kier alpha value is -5.86. The fourth-order valence-electron chi connectivity index (χ4n) is 6.76. The highest BCUT2D eigenvalue weighted by molar-refractivity contribution is 6.03. The molecule has 5 N–H and O–H groups in total. The lowest BCUT2D eigenvalue weighted by Gasteiger charge is -2.21. The van der Waals surface area contributed by atoms with Crippen molar-refractivity contribution in [3.8, 4) is 0 Å². The molecular weight excluding hydrogens is 819 g/mol. The van der Waals surface area contributed by atoms with Crippen molar-refractivity contribution >= 4 is 35.2 Å². The van der Waals surface area contributed by atoms with Crippen LogP contribution in [-0.4, -0.2) is 84.6 Å². The molecule has 0 bridgehead atoms. The fraction of sp³-hybridized carbons (Fsp3) is 0.412. The van der Waals surface area contributed by atoms with Crippen molar-refractivity contribution in [1.29, 1.82) is 0 Å². The smallest absolute Gasteiger partial charge is 0.408 e. The van der Waals surface area contributed by atoms with Crippen molar-refractivity contribution in [2.24, 2.45) is 0 Å². The molecule has 13 nitrogen and oxygen atoms in total. The highest BCUT2D eigenvalue weighted by Gasteiger charge is 2.30.